The third kappa shape index (κ3) is 3.59. The van der Waals surface area contributed by atoms with Crippen molar-refractivity contribution in [3.05, 3.63) is 28.2 Å². The van der Waals surface area contributed by atoms with Crippen LogP contribution in [0.3, 0.4) is 0 Å². The number of piperidine rings is 1. The van der Waals surface area contributed by atoms with Gasteiger partial charge in [0.25, 0.3) is 0 Å². The predicted molar refractivity (Wildman–Crippen MR) is 84.0 cm³/mol. The van der Waals surface area contributed by atoms with E-state index in [1.54, 1.807) is 6.92 Å². The number of ketones is 1. The molecule has 1 aromatic rings. The van der Waals surface area contributed by atoms with Crippen LogP contribution >= 0.6 is 15.9 Å². The summed E-state index contributed by atoms with van der Waals surface area (Å²) in [5.74, 6) is 1.02. The van der Waals surface area contributed by atoms with Gasteiger partial charge in [0.15, 0.2) is 5.78 Å². The van der Waals surface area contributed by atoms with E-state index in [1.807, 2.05) is 12.1 Å². The highest BCUT2D eigenvalue weighted by molar-refractivity contribution is 9.10. The predicted octanol–water partition coefficient (Wildman–Crippen LogP) is 4.67. The van der Waals surface area contributed by atoms with Gasteiger partial charge in [-0.25, -0.2) is 0 Å². The van der Waals surface area contributed by atoms with Crippen LogP contribution in [0.15, 0.2) is 22.7 Å². The van der Waals surface area contributed by atoms with Crippen LogP contribution in [-0.4, -0.2) is 18.9 Å². The molecule has 0 saturated carbocycles. The Balaban J connectivity index is 2.14. The van der Waals surface area contributed by atoms with Crippen molar-refractivity contribution in [1.29, 1.82) is 0 Å². The summed E-state index contributed by atoms with van der Waals surface area (Å²) in [6.07, 6.45) is 5.11. The summed E-state index contributed by atoms with van der Waals surface area (Å²) < 4.78 is 1.04. The minimum absolute atomic E-state index is 0.151. The maximum Gasteiger partial charge on any atom is 0.161 e. The molecule has 3 heteroatoms. The summed E-state index contributed by atoms with van der Waals surface area (Å²) in [4.78, 5) is 14.1. The molecule has 19 heavy (non-hydrogen) atoms. The number of nitrogens with zero attached hydrogens (tertiary/aromatic N) is 1. The number of halogens is 1. The number of anilines is 1. The summed E-state index contributed by atoms with van der Waals surface area (Å²) in [6, 6.07) is 5.96. The molecule has 1 saturated heterocycles. The van der Waals surface area contributed by atoms with Gasteiger partial charge in [0.2, 0.25) is 0 Å². The van der Waals surface area contributed by atoms with Crippen LogP contribution in [0.2, 0.25) is 0 Å². The van der Waals surface area contributed by atoms with Crippen molar-refractivity contribution in [3.63, 3.8) is 0 Å². The van der Waals surface area contributed by atoms with E-state index in [1.165, 1.54) is 25.7 Å². The van der Waals surface area contributed by atoms with E-state index >= 15 is 0 Å². The molecule has 0 atom stereocenters. The van der Waals surface area contributed by atoms with Crippen LogP contribution in [0.4, 0.5) is 5.69 Å². The van der Waals surface area contributed by atoms with Crippen molar-refractivity contribution < 1.29 is 4.79 Å². The highest BCUT2D eigenvalue weighted by Crippen LogP contribution is 2.30. The normalized spacial score (nSPS) is 16.7. The lowest BCUT2D eigenvalue weighted by Gasteiger charge is -2.34. The molecule has 0 aromatic heterocycles. The van der Waals surface area contributed by atoms with Crippen LogP contribution in [-0.2, 0) is 0 Å². The second-order valence-electron chi connectivity index (χ2n) is 5.44. The minimum Gasteiger partial charge on any atom is -0.371 e. The molecule has 0 unspecified atom stereocenters. The molecule has 0 bridgehead atoms. The summed E-state index contributed by atoms with van der Waals surface area (Å²) in [6.45, 7) is 6.05. The smallest absolute Gasteiger partial charge is 0.161 e. The number of carbonyl (C=O) groups is 1. The Morgan fingerprint density at radius 1 is 1.37 bits per heavy atom. The number of Topliss-reactive ketones (excluding diaryl/α,β-unsaturated/α-hetero) is 1. The molecule has 0 amide bonds. The van der Waals surface area contributed by atoms with E-state index in [-0.39, 0.29) is 5.78 Å². The van der Waals surface area contributed by atoms with Gasteiger partial charge in [-0.2, -0.15) is 0 Å². The largest absolute Gasteiger partial charge is 0.371 e. The lowest BCUT2D eigenvalue weighted by Crippen LogP contribution is -2.34. The van der Waals surface area contributed by atoms with Crippen molar-refractivity contribution in [1.82, 2.24) is 0 Å². The zero-order valence-electron chi connectivity index (χ0n) is 11.8. The Labute approximate surface area is 124 Å². The maximum atomic E-state index is 11.7. The zero-order chi connectivity index (χ0) is 13.8. The van der Waals surface area contributed by atoms with Gasteiger partial charge < -0.3 is 4.90 Å². The van der Waals surface area contributed by atoms with Crippen LogP contribution in [0, 0.1) is 5.92 Å². The first kappa shape index (κ1) is 14.6. The van der Waals surface area contributed by atoms with Crippen molar-refractivity contribution in [2.45, 2.75) is 39.5 Å². The van der Waals surface area contributed by atoms with E-state index in [0.29, 0.717) is 0 Å². The first-order chi connectivity index (χ1) is 9.11. The Kier molecular flexibility index (Phi) is 5.03. The van der Waals surface area contributed by atoms with Gasteiger partial charge >= 0.3 is 0 Å². The summed E-state index contributed by atoms with van der Waals surface area (Å²) in [5, 5.41) is 0. The average molecular weight is 324 g/mol. The Morgan fingerprint density at radius 3 is 2.63 bits per heavy atom. The second-order valence-corrected chi connectivity index (χ2v) is 6.35. The third-order valence-electron chi connectivity index (χ3n) is 3.99. The molecule has 0 N–H and O–H groups in total. The lowest BCUT2D eigenvalue weighted by atomic mass is 9.92. The average Bonchev–Trinajstić information content (AvgIpc) is 2.39. The fourth-order valence-electron chi connectivity index (χ4n) is 2.93. The molecule has 1 aliphatic rings. The number of hydrogen-bond acceptors (Lipinski definition) is 2. The molecule has 0 aliphatic carbocycles. The van der Waals surface area contributed by atoms with Crippen LogP contribution < -0.4 is 4.90 Å². The molecule has 0 radical (unpaired) electrons. The van der Waals surface area contributed by atoms with E-state index in [4.69, 9.17) is 0 Å². The number of hydrogen-bond donors (Lipinski definition) is 0. The fourth-order valence-corrected chi connectivity index (χ4v) is 3.28. The van der Waals surface area contributed by atoms with E-state index < -0.39 is 0 Å². The molecular weight excluding hydrogens is 302 g/mol. The standard InChI is InChI=1S/C16H22BrNO/c1-3-4-13-7-9-18(10-8-13)16-11-14(17)5-6-15(16)12(2)19/h5-6,11,13H,3-4,7-10H2,1-2H3. The number of benzene rings is 1. The van der Waals surface area contributed by atoms with Gasteiger partial charge in [-0.05, 0) is 43.9 Å². The summed E-state index contributed by atoms with van der Waals surface area (Å²) in [5.41, 5.74) is 1.94. The molecule has 2 nitrogen and oxygen atoms in total. The molecule has 1 aliphatic heterocycles. The molecular formula is C16H22BrNO. The molecule has 1 aromatic carbocycles. The number of carbonyl (C=O) groups excluding carboxylic acids is 1. The minimum atomic E-state index is 0.151. The lowest BCUT2D eigenvalue weighted by molar-refractivity contribution is 0.101. The zero-order valence-corrected chi connectivity index (χ0v) is 13.4. The van der Waals surface area contributed by atoms with Gasteiger partial charge in [-0.1, -0.05) is 35.7 Å². The van der Waals surface area contributed by atoms with Crippen LogP contribution in [0.25, 0.3) is 0 Å². The fraction of sp³-hybridized carbons (Fsp3) is 0.562. The SMILES string of the molecule is CCCC1CCN(c2cc(Br)ccc2C(C)=O)CC1. The molecule has 104 valence electrons. The van der Waals surface area contributed by atoms with Crippen molar-refractivity contribution in [3.8, 4) is 0 Å². The molecule has 1 heterocycles. The van der Waals surface area contributed by atoms with Crippen LogP contribution in [0.5, 0.6) is 0 Å². The van der Waals surface area contributed by atoms with Gasteiger partial charge in [0.1, 0.15) is 0 Å². The van der Waals surface area contributed by atoms with Crippen molar-refractivity contribution >= 4 is 27.4 Å². The first-order valence-corrected chi connectivity index (χ1v) is 7.96. The number of rotatable bonds is 4. The van der Waals surface area contributed by atoms with E-state index in [0.717, 1.165) is 34.7 Å². The van der Waals surface area contributed by atoms with Gasteiger partial charge in [0.05, 0.1) is 0 Å². The third-order valence-corrected chi connectivity index (χ3v) is 4.48. The van der Waals surface area contributed by atoms with Crippen LogP contribution in [0.1, 0.15) is 49.9 Å². The van der Waals surface area contributed by atoms with Gasteiger partial charge in [0, 0.05) is 28.8 Å². The summed E-state index contributed by atoms with van der Waals surface area (Å²) >= 11 is 3.51. The molecule has 0 spiro atoms. The van der Waals surface area contributed by atoms with E-state index in [2.05, 4.69) is 33.8 Å². The summed E-state index contributed by atoms with van der Waals surface area (Å²) in [7, 11) is 0. The molecule has 1 fully saturated rings. The van der Waals surface area contributed by atoms with E-state index in [9.17, 15) is 4.79 Å². The Hall–Kier alpha value is -0.830. The van der Waals surface area contributed by atoms with Crippen molar-refractivity contribution in [2.24, 2.45) is 5.92 Å². The highest BCUT2D eigenvalue weighted by atomic mass is 79.9. The van der Waals surface area contributed by atoms with Gasteiger partial charge in [-0.3, -0.25) is 4.79 Å². The Bertz CT molecular complexity index is 450. The van der Waals surface area contributed by atoms with Crippen molar-refractivity contribution in [2.75, 3.05) is 18.0 Å². The highest BCUT2D eigenvalue weighted by Gasteiger charge is 2.21. The second kappa shape index (κ2) is 6.56. The maximum absolute atomic E-state index is 11.7. The molecule has 2 rings (SSSR count). The van der Waals surface area contributed by atoms with Gasteiger partial charge in [-0.15, -0.1) is 0 Å². The monoisotopic (exact) mass is 323 g/mol. The quantitative estimate of drug-likeness (QED) is 0.750. The first-order valence-electron chi connectivity index (χ1n) is 7.17. The topological polar surface area (TPSA) is 20.3 Å². The Morgan fingerprint density at radius 2 is 2.05 bits per heavy atom.